The lowest BCUT2D eigenvalue weighted by Crippen LogP contribution is -2.35. The molecular formula is C23H17BrFN3O4. The normalized spacial score (nSPS) is 10.6. The molecule has 0 aromatic heterocycles. The van der Waals surface area contributed by atoms with Crippen molar-refractivity contribution in [1.82, 2.24) is 10.7 Å². The molecule has 0 unspecified atom stereocenters. The van der Waals surface area contributed by atoms with E-state index in [9.17, 15) is 18.8 Å². The van der Waals surface area contributed by atoms with Crippen LogP contribution >= 0.6 is 15.9 Å². The Balaban J connectivity index is 1.51. The highest BCUT2D eigenvalue weighted by Gasteiger charge is 2.11. The second-order valence-corrected chi connectivity index (χ2v) is 7.28. The van der Waals surface area contributed by atoms with Crippen LogP contribution in [0.1, 0.15) is 26.3 Å². The molecule has 3 rings (SSSR count). The Morgan fingerprint density at radius 2 is 1.78 bits per heavy atom. The minimum Gasteiger partial charge on any atom is -0.423 e. The highest BCUT2D eigenvalue weighted by molar-refractivity contribution is 9.10. The average molecular weight is 498 g/mol. The van der Waals surface area contributed by atoms with Crippen LogP contribution in [0.25, 0.3) is 0 Å². The fourth-order valence-electron chi connectivity index (χ4n) is 2.56. The number of carbonyl (C=O) groups is 3. The summed E-state index contributed by atoms with van der Waals surface area (Å²) in [5.41, 5.74) is 3.34. The zero-order valence-electron chi connectivity index (χ0n) is 16.5. The molecule has 0 saturated carbocycles. The molecule has 32 heavy (non-hydrogen) atoms. The standard InChI is InChI=1S/C23H17BrFN3O4/c24-20-10-2-1-9-19(20)22(30)26-14-21(29)28-27-13-15-5-3-8-18(11-15)32-23(31)16-6-4-7-17(25)12-16/h1-13H,14H2,(H,26,30)(H,28,29)/b27-13+. The summed E-state index contributed by atoms with van der Waals surface area (Å²) in [5, 5.41) is 6.32. The van der Waals surface area contributed by atoms with Gasteiger partial charge in [-0.2, -0.15) is 5.10 Å². The van der Waals surface area contributed by atoms with Gasteiger partial charge in [-0.1, -0.05) is 30.3 Å². The van der Waals surface area contributed by atoms with Crippen molar-refractivity contribution >= 4 is 39.9 Å². The number of hydrazone groups is 1. The number of rotatable bonds is 7. The summed E-state index contributed by atoms with van der Waals surface area (Å²) in [6.07, 6.45) is 1.35. The first-order valence-corrected chi connectivity index (χ1v) is 10.1. The third-order valence-electron chi connectivity index (χ3n) is 4.06. The maximum absolute atomic E-state index is 13.3. The fourth-order valence-corrected chi connectivity index (χ4v) is 3.02. The van der Waals surface area contributed by atoms with E-state index in [2.05, 4.69) is 31.8 Å². The highest BCUT2D eigenvalue weighted by atomic mass is 79.9. The molecule has 0 aliphatic heterocycles. The van der Waals surface area contributed by atoms with E-state index in [0.717, 1.165) is 6.07 Å². The number of hydrogen-bond acceptors (Lipinski definition) is 5. The van der Waals surface area contributed by atoms with Gasteiger partial charge in [0.05, 0.1) is 23.9 Å². The average Bonchev–Trinajstić information content (AvgIpc) is 2.78. The van der Waals surface area contributed by atoms with Crippen LogP contribution < -0.4 is 15.5 Å². The monoisotopic (exact) mass is 497 g/mol. The van der Waals surface area contributed by atoms with Crippen LogP contribution in [0.4, 0.5) is 4.39 Å². The zero-order valence-corrected chi connectivity index (χ0v) is 18.1. The smallest absolute Gasteiger partial charge is 0.343 e. The van der Waals surface area contributed by atoms with Crippen molar-refractivity contribution in [3.8, 4) is 5.75 Å². The SMILES string of the molecule is O=C(CNC(=O)c1ccccc1Br)N/N=C/c1cccc(OC(=O)c2cccc(F)c2)c1. The Bertz CT molecular complexity index is 1180. The van der Waals surface area contributed by atoms with Gasteiger partial charge >= 0.3 is 5.97 Å². The van der Waals surface area contributed by atoms with Crippen molar-refractivity contribution in [3.63, 3.8) is 0 Å². The zero-order chi connectivity index (χ0) is 22.9. The third-order valence-corrected chi connectivity index (χ3v) is 4.75. The lowest BCUT2D eigenvalue weighted by atomic mass is 10.2. The Labute approximate surface area is 191 Å². The summed E-state index contributed by atoms with van der Waals surface area (Å²) in [4.78, 5) is 36.1. The Kier molecular flexibility index (Phi) is 7.82. The van der Waals surface area contributed by atoms with Crippen molar-refractivity contribution in [2.45, 2.75) is 0 Å². The van der Waals surface area contributed by atoms with Crippen LogP contribution in [0.3, 0.4) is 0 Å². The molecule has 0 heterocycles. The fraction of sp³-hybridized carbons (Fsp3) is 0.0435. The van der Waals surface area contributed by atoms with E-state index in [-0.39, 0.29) is 17.9 Å². The lowest BCUT2D eigenvalue weighted by Gasteiger charge is -2.06. The van der Waals surface area contributed by atoms with Crippen molar-refractivity contribution in [2.75, 3.05) is 6.54 Å². The quantitative estimate of drug-likeness (QED) is 0.225. The third kappa shape index (κ3) is 6.58. The van der Waals surface area contributed by atoms with Gasteiger partial charge in [-0.15, -0.1) is 0 Å². The summed E-state index contributed by atoms with van der Waals surface area (Å²) in [6.45, 7) is -0.261. The number of amides is 2. The Hall–Kier alpha value is -3.85. The van der Waals surface area contributed by atoms with Crippen molar-refractivity contribution in [2.24, 2.45) is 5.10 Å². The summed E-state index contributed by atoms with van der Waals surface area (Å²) < 4.78 is 19.1. The Morgan fingerprint density at radius 3 is 2.56 bits per heavy atom. The van der Waals surface area contributed by atoms with E-state index in [1.165, 1.54) is 30.5 Å². The van der Waals surface area contributed by atoms with E-state index in [1.807, 2.05) is 0 Å². The van der Waals surface area contributed by atoms with Crippen molar-refractivity contribution < 1.29 is 23.5 Å². The van der Waals surface area contributed by atoms with E-state index >= 15 is 0 Å². The predicted molar refractivity (Wildman–Crippen MR) is 120 cm³/mol. The number of nitrogens with zero attached hydrogens (tertiary/aromatic N) is 1. The summed E-state index contributed by atoms with van der Waals surface area (Å²) >= 11 is 3.28. The maximum atomic E-state index is 13.3. The molecule has 3 aromatic rings. The molecule has 3 aromatic carbocycles. The van der Waals surface area contributed by atoms with Crippen LogP contribution in [-0.4, -0.2) is 30.5 Å². The van der Waals surface area contributed by atoms with E-state index < -0.39 is 23.6 Å². The van der Waals surface area contributed by atoms with Crippen molar-refractivity contribution in [1.29, 1.82) is 0 Å². The van der Waals surface area contributed by atoms with Crippen LogP contribution in [0.5, 0.6) is 5.75 Å². The van der Waals surface area contributed by atoms with Crippen LogP contribution in [0, 0.1) is 5.82 Å². The number of nitrogens with one attached hydrogen (secondary N) is 2. The van der Waals surface area contributed by atoms with Gasteiger partial charge in [-0.25, -0.2) is 14.6 Å². The molecule has 162 valence electrons. The molecule has 0 saturated heterocycles. The van der Waals surface area contributed by atoms with E-state index in [1.54, 1.807) is 42.5 Å². The summed E-state index contributed by atoms with van der Waals surface area (Å²) in [6, 6.07) is 18.4. The largest absolute Gasteiger partial charge is 0.423 e. The van der Waals surface area contributed by atoms with Crippen LogP contribution in [0.2, 0.25) is 0 Å². The van der Waals surface area contributed by atoms with E-state index in [4.69, 9.17) is 4.74 Å². The number of hydrogen-bond donors (Lipinski definition) is 2. The number of ether oxygens (including phenoxy) is 1. The molecule has 0 radical (unpaired) electrons. The number of benzene rings is 3. The van der Waals surface area contributed by atoms with Gasteiger partial charge in [0.25, 0.3) is 11.8 Å². The van der Waals surface area contributed by atoms with Gasteiger partial charge in [-0.3, -0.25) is 9.59 Å². The second kappa shape index (κ2) is 11.0. The maximum Gasteiger partial charge on any atom is 0.343 e. The predicted octanol–water partition coefficient (Wildman–Crippen LogP) is 3.69. The second-order valence-electron chi connectivity index (χ2n) is 6.43. The summed E-state index contributed by atoms with van der Waals surface area (Å²) in [7, 11) is 0. The van der Waals surface area contributed by atoms with Crippen LogP contribution in [0.15, 0.2) is 82.4 Å². The molecule has 7 nitrogen and oxygen atoms in total. The van der Waals surface area contributed by atoms with E-state index in [0.29, 0.717) is 15.6 Å². The topological polar surface area (TPSA) is 96.9 Å². The van der Waals surface area contributed by atoms with Gasteiger partial charge < -0.3 is 10.1 Å². The first-order valence-electron chi connectivity index (χ1n) is 9.35. The number of halogens is 2. The Morgan fingerprint density at radius 1 is 1.00 bits per heavy atom. The number of esters is 1. The molecule has 2 amide bonds. The molecule has 2 N–H and O–H groups in total. The van der Waals surface area contributed by atoms with Gasteiger partial charge in [0.2, 0.25) is 0 Å². The highest BCUT2D eigenvalue weighted by Crippen LogP contribution is 2.16. The molecule has 0 atom stereocenters. The first-order chi connectivity index (χ1) is 15.4. The molecule has 0 spiro atoms. The van der Waals surface area contributed by atoms with Crippen molar-refractivity contribution in [3.05, 3.63) is 99.8 Å². The lowest BCUT2D eigenvalue weighted by molar-refractivity contribution is -0.120. The van der Waals surface area contributed by atoms with Gasteiger partial charge in [-0.05, 0) is 64.0 Å². The minimum absolute atomic E-state index is 0.0842. The summed E-state index contributed by atoms with van der Waals surface area (Å²) in [5.74, 6) is -1.92. The van der Waals surface area contributed by atoms with Gasteiger partial charge in [0.1, 0.15) is 11.6 Å². The van der Waals surface area contributed by atoms with Gasteiger partial charge in [0, 0.05) is 4.47 Å². The molecule has 0 bridgehead atoms. The number of carbonyl (C=O) groups excluding carboxylic acids is 3. The molecular weight excluding hydrogens is 481 g/mol. The first kappa shape index (κ1) is 22.8. The molecule has 0 aliphatic rings. The molecule has 0 fully saturated rings. The minimum atomic E-state index is -0.701. The molecule has 9 heteroatoms. The molecule has 0 aliphatic carbocycles. The van der Waals surface area contributed by atoms with Crippen LogP contribution in [-0.2, 0) is 4.79 Å². The van der Waals surface area contributed by atoms with Gasteiger partial charge in [0.15, 0.2) is 0 Å².